The molecule has 0 amide bonds. The molecule has 2 aliphatic carbocycles. The van der Waals surface area contributed by atoms with Gasteiger partial charge in [0.05, 0.1) is 4.92 Å². The molecule has 18 heavy (non-hydrogen) atoms. The van der Waals surface area contributed by atoms with Gasteiger partial charge in [0, 0.05) is 18.2 Å². The summed E-state index contributed by atoms with van der Waals surface area (Å²) in [5, 5.41) is 14.1. The van der Waals surface area contributed by atoms with E-state index in [1.165, 1.54) is 37.8 Å². The van der Waals surface area contributed by atoms with Crippen molar-refractivity contribution in [2.75, 3.05) is 5.32 Å². The number of hydrogen-bond acceptors (Lipinski definition) is 3. The summed E-state index contributed by atoms with van der Waals surface area (Å²) in [5.41, 5.74) is 0.284. The second kappa shape index (κ2) is 4.23. The molecule has 0 bridgehead atoms. The number of benzene rings is 1. The molecule has 1 aromatic rings. The van der Waals surface area contributed by atoms with Crippen molar-refractivity contribution in [1.29, 1.82) is 0 Å². The molecule has 2 saturated carbocycles. The molecule has 0 atom stereocenters. The summed E-state index contributed by atoms with van der Waals surface area (Å²) in [6, 6.07) is 3.88. The molecule has 0 aromatic heterocycles. The van der Waals surface area contributed by atoms with Crippen molar-refractivity contribution in [3.05, 3.63) is 34.1 Å². The van der Waals surface area contributed by atoms with Crippen molar-refractivity contribution in [1.82, 2.24) is 0 Å². The Morgan fingerprint density at radius 1 is 1.28 bits per heavy atom. The van der Waals surface area contributed by atoms with E-state index in [1.807, 2.05) is 0 Å². The highest BCUT2D eigenvalue weighted by Gasteiger charge is 2.42. The van der Waals surface area contributed by atoms with Crippen LogP contribution in [0.2, 0.25) is 0 Å². The lowest BCUT2D eigenvalue weighted by molar-refractivity contribution is -0.384. The fourth-order valence-corrected chi connectivity index (χ4v) is 2.49. The molecule has 4 nitrogen and oxygen atoms in total. The number of hydrogen-bond donors (Lipinski definition) is 1. The van der Waals surface area contributed by atoms with Crippen molar-refractivity contribution in [2.24, 2.45) is 11.8 Å². The highest BCUT2D eigenvalue weighted by atomic mass is 19.1. The Kier molecular flexibility index (Phi) is 2.69. The highest BCUT2D eigenvalue weighted by Crippen LogP contribution is 2.46. The number of nitrogens with one attached hydrogen (secondary N) is 1. The molecule has 96 valence electrons. The molecule has 0 unspecified atom stereocenters. The van der Waals surface area contributed by atoms with E-state index in [0.717, 1.165) is 6.07 Å². The Labute approximate surface area is 104 Å². The zero-order valence-electron chi connectivity index (χ0n) is 9.93. The summed E-state index contributed by atoms with van der Waals surface area (Å²) < 4.78 is 13.2. The van der Waals surface area contributed by atoms with E-state index in [9.17, 15) is 14.5 Å². The van der Waals surface area contributed by atoms with Gasteiger partial charge >= 0.3 is 0 Å². The van der Waals surface area contributed by atoms with Crippen LogP contribution in [0.3, 0.4) is 0 Å². The van der Waals surface area contributed by atoms with Gasteiger partial charge in [-0.1, -0.05) is 0 Å². The summed E-state index contributed by atoms with van der Waals surface area (Å²) in [4.78, 5) is 10.5. The second-order valence-electron chi connectivity index (χ2n) is 5.26. The number of anilines is 1. The average Bonchev–Trinajstić information content (AvgIpc) is 3.17. The van der Waals surface area contributed by atoms with E-state index in [0.29, 0.717) is 17.5 Å². The predicted molar refractivity (Wildman–Crippen MR) is 65.9 cm³/mol. The summed E-state index contributed by atoms with van der Waals surface area (Å²) >= 11 is 0. The van der Waals surface area contributed by atoms with Crippen molar-refractivity contribution >= 4 is 11.4 Å². The van der Waals surface area contributed by atoms with Crippen LogP contribution in [0.5, 0.6) is 0 Å². The van der Waals surface area contributed by atoms with Crippen LogP contribution in [0.15, 0.2) is 18.2 Å². The SMILES string of the molecule is O=[N+]([O-])c1ccc(F)cc1NC(C1CC1)C1CC1. The number of nitro groups is 1. The van der Waals surface area contributed by atoms with E-state index in [-0.39, 0.29) is 11.7 Å². The third-order valence-corrected chi connectivity index (χ3v) is 3.74. The zero-order chi connectivity index (χ0) is 12.7. The standard InChI is InChI=1S/C13H15FN2O2/c14-10-5-6-12(16(17)18)11(7-10)15-13(8-1-2-8)9-3-4-9/h5-9,13,15H,1-4H2. The molecule has 2 aliphatic rings. The molecule has 0 saturated heterocycles. The number of nitro benzene ring substituents is 1. The highest BCUT2D eigenvalue weighted by molar-refractivity contribution is 5.62. The van der Waals surface area contributed by atoms with Crippen LogP contribution in [0.25, 0.3) is 0 Å². The Morgan fingerprint density at radius 3 is 2.39 bits per heavy atom. The predicted octanol–water partition coefficient (Wildman–Crippen LogP) is 3.33. The van der Waals surface area contributed by atoms with Gasteiger partial charge in [-0.25, -0.2) is 4.39 Å². The normalized spacial score (nSPS) is 19.0. The van der Waals surface area contributed by atoms with Gasteiger partial charge in [0.25, 0.3) is 5.69 Å². The molecule has 0 heterocycles. The van der Waals surface area contributed by atoms with Gasteiger partial charge in [-0.3, -0.25) is 10.1 Å². The molecule has 0 spiro atoms. The largest absolute Gasteiger partial charge is 0.376 e. The van der Waals surface area contributed by atoms with Crippen molar-refractivity contribution in [2.45, 2.75) is 31.7 Å². The van der Waals surface area contributed by atoms with Crippen molar-refractivity contribution in [3.8, 4) is 0 Å². The minimum Gasteiger partial charge on any atom is -0.376 e. The number of halogens is 1. The van der Waals surface area contributed by atoms with Crippen LogP contribution in [0, 0.1) is 27.8 Å². The van der Waals surface area contributed by atoms with E-state index in [1.54, 1.807) is 0 Å². The van der Waals surface area contributed by atoms with Gasteiger partial charge in [0.2, 0.25) is 0 Å². The maximum absolute atomic E-state index is 13.2. The van der Waals surface area contributed by atoms with E-state index in [2.05, 4.69) is 5.32 Å². The van der Waals surface area contributed by atoms with Crippen LogP contribution in [-0.2, 0) is 0 Å². The van der Waals surface area contributed by atoms with Crippen LogP contribution in [-0.4, -0.2) is 11.0 Å². The van der Waals surface area contributed by atoms with Gasteiger partial charge in [-0.2, -0.15) is 0 Å². The Balaban J connectivity index is 1.85. The molecular formula is C13H15FN2O2. The lowest BCUT2D eigenvalue weighted by Gasteiger charge is -2.18. The fraction of sp³-hybridized carbons (Fsp3) is 0.538. The average molecular weight is 250 g/mol. The maximum atomic E-state index is 13.2. The molecule has 5 heteroatoms. The monoisotopic (exact) mass is 250 g/mol. The summed E-state index contributed by atoms with van der Waals surface area (Å²) in [6.07, 6.45) is 4.71. The van der Waals surface area contributed by atoms with Gasteiger partial charge < -0.3 is 5.32 Å². The van der Waals surface area contributed by atoms with Crippen LogP contribution in [0.1, 0.15) is 25.7 Å². The Bertz CT molecular complexity index is 472. The van der Waals surface area contributed by atoms with Crippen LogP contribution in [0.4, 0.5) is 15.8 Å². The van der Waals surface area contributed by atoms with Gasteiger partial charge in [0.1, 0.15) is 11.5 Å². The maximum Gasteiger partial charge on any atom is 0.292 e. The smallest absolute Gasteiger partial charge is 0.292 e. The van der Waals surface area contributed by atoms with Crippen molar-refractivity contribution < 1.29 is 9.31 Å². The van der Waals surface area contributed by atoms with E-state index in [4.69, 9.17) is 0 Å². The fourth-order valence-electron chi connectivity index (χ4n) is 2.49. The van der Waals surface area contributed by atoms with E-state index >= 15 is 0 Å². The Hall–Kier alpha value is -1.65. The molecular weight excluding hydrogens is 235 g/mol. The number of nitrogens with zero attached hydrogens (tertiary/aromatic N) is 1. The minimum atomic E-state index is -0.460. The molecule has 1 aromatic carbocycles. The topological polar surface area (TPSA) is 55.2 Å². The molecule has 3 rings (SSSR count). The van der Waals surface area contributed by atoms with Gasteiger partial charge in [-0.15, -0.1) is 0 Å². The zero-order valence-corrected chi connectivity index (χ0v) is 9.93. The quantitative estimate of drug-likeness (QED) is 0.644. The molecule has 0 aliphatic heterocycles. The third-order valence-electron chi connectivity index (χ3n) is 3.74. The van der Waals surface area contributed by atoms with Gasteiger partial charge in [0.15, 0.2) is 0 Å². The minimum absolute atomic E-state index is 0.0392. The molecule has 1 N–H and O–H groups in total. The first kappa shape index (κ1) is 11.4. The third kappa shape index (κ3) is 2.30. The summed E-state index contributed by atoms with van der Waals surface area (Å²) in [5.74, 6) is 0.786. The first-order valence-corrected chi connectivity index (χ1v) is 6.35. The summed E-state index contributed by atoms with van der Waals surface area (Å²) in [7, 11) is 0. The van der Waals surface area contributed by atoms with Crippen LogP contribution < -0.4 is 5.32 Å². The van der Waals surface area contributed by atoms with E-state index < -0.39 is 10.7 Å². The second-order valence-corrected chi connectivity index (χ2v) is 5.26. The first-order valence-electron chi connectivity index (χ1n) is 6.35. The summed E-state index contributed by atoms with van der Waals surface area (Å²) in [6.45, 7) is 0. The first-order chi connectivity index (χ1) is 8.65. The lowest BCUT2D eigenvalue weighted by atomic mass is 10.1. The number of rotatable bonds is 5. The molecule has 2 fully saturated rings. The van der Waals surface area contributed by atoms with Crippen LogP contribution >= 0.6 is 0 Å². The Morgan fingerprint density at radius 2 is 1.89 bits per heavy atom. The molecule has 0 radical (unpaired) electrons. The van der Waals surface area contributed by atoms with Gasteiger partial charge in [-0.05, 0) is 43.6 Å². The lowest BCUT2D eigenvalue weighted by Crippen LogP contribution is -2.24. The van der Waals surface area contributed by atoms with Crippen molar-refractivity contribution in [3.63, 3.8) is 0 Å².